The quantitative estimate of drug-likeness (QED) is 0.161. The number of carbonyl (C=O) groups is 4. The molecule has 1 aliphatic heterocycles. The number of amides is 2. The lowest BCUT2D eigenvalue weighted by Crippen LogP contribution is -2.52. The maximum absolute atomic E-state index is 14.9. The number of nitro groups is 1. The molecule has 0 bridgehead atoms. The highest BCUT2D eigenvalue weighted by molar-refractivity contribution is 6.45. The molecule has 5 rings (SSSR count). The Bertz CT molecular complexity index is 1640. The molecule has 0 N–H and O–H groups in total. The Kier molecular flexibility index (Phi) is 7.06. The first-order valence-electron chi connectivity index (χ1n) is 12.2. The molecule has 1 aliphatic rings. The zero-order valence-corrected chi connectivity index (χ0v) is 20.9. The third-order valence-electron chi connectivity index (χ3n) is 6.54. The second-order valence-electron chi connectivity index (χ2n) is 8.95. The first kappa shape index (κ1) is 26.2. The van der Waals surface area contributed by atoms with Gasteiger partial charge < -0.3 is 14.5 Å². The van der Waals surface area contributed by atoms with Crippen molar-refractivity contribution in [2.24, 2.45) is 0 Å². The van der Waals surface area contributed by atoms with Crippen molar-refractivity contribution in [2.45, 2.75) is 0 Å². The van der Waals surface area contributed by atoms with Gasteiger partial charge in [0.25, 0.3) is 23.3 Å². The van der Waals surface area contributed by atoms with E-state index in [9.17, 15) is 33.7 Å². The molecule has 0 spiro atoms. The smallest absolute Gasteiger partial charge is 0.410 e. The van der Waals surface area contributed by atoms with Crippen LogP contribution < -0.4 is 4.74 Å². The maximum atomic E-state index is 14.9. The van der Waals surface area contributed by atoms with Crippen molar-refractivity contribution in [1.29, 1.82) is 0 Å². The topological polar surface area (TPSA) is 132 Å². The van der Waals surface area contributed by atoms with E-state index >= 15 is 0 Å². The van der Waals surface area contributed by atoms with Crippen molar-refractivity contribution in [3.63, 3.8) is 0 Å². The Labute approximate surface area is 226 Å². The fraction of sp³-hybridized carbons (Fsp3) is 0.143. The van der Waals surface area contributed by atoms with Crippen molar-refractivity contribution in [1.82, 2.24) is 14.4 Å². The number of piperazine rings is 1. The van der Waals surface area contributed by atoms with Gasteiger partial charge in [0, 0.05) is 55.5 Å². The molecule has 1 saturated heterocycles. The Hall–Kier alpha value is -5.39. The van der Waals surface area contributed by atoms with E-state index in [1.807, 2.05) is 0 Å². The van der Waals surface area contributed by atoms with Gasteiger partial charge in [-0.25, -0.2) is 9.18 Å². The number of aromatic nitrogens is 1. The summed E-state index contributed by atoms with van der Waals surface area (Å²) < 4.78 is 21.0. The summed E-state index contributed by atoms with van der Waals surface area (Å²) >= 11 is 0. The fourth-order valence-electron chi connectivity index (χ4n) is 4.49. The van der Waals surface area contributed by atoms with Crippen LogP contribution in [-0.2, 0) is 4.79 Å². The third kappa shape index (κ3) is 5.01. The van der Waals surface area contributed by atoms with E-state index in [1.54, 1.807) is 35.2 Å². The van der Waals surface area contributed by atoms with E-state index in [-0.39, 0.29) is 60.0 Å². The van der Waals surface area contributed by atoms with Crippen molar-refractivity contribution >= 4 is 40.3 Å². The van der Waals surface area contributed by atoms with Gasteiger partial charge in [-0.05, 0) is 36.4 Å². The Morgan fingerprint density at radius 1 is 0.825 bits per heavy atom. The molecule has 1 aromatic heterocycles. The van der Waals surface area contributed by atoms with Gasteiger partial charge in [-0.3, -0.25) is 29.1 Å². The average Bonchev–Trinajstić information content (AvgIpc) is 3.38. The number of rotatable bonds is 5. The molecular weight excluding hydrogens is 523 g/mol. The molecule has 11 nitrogen and oxygen atoms in total. The Balaban J connectivity index is 1.34. The summed E-state index contributed by atoms with van der Waals surface area (Å²) in [5, 5.41) is 10.6. The van der Waals surface area contributed by atoms with Crippen LogP contribution in [0.4, 0.5) is 14.9 Å². The minimum absolute atomic E-state index is 0.00124. The normalized spacial score (nSPS) is 13.2. The number of ketones is 1. The Morgan fingerprint density at radius 2 is 1.48 bits per heavy atom. The molecule has 0 radical (unpaired) electrons. The van der Waals surface area contributed by atoms with Crippen LogP contribution in [0.25, 0.3) is 10.9 Å². The number of halogens is 1. The van der Waals surface area contributed by atoms with Gasteiger partial charge in [-0.1, -0.05) is 24.3 Å². The number of carbonyl (C=O) groups excluding carboxylic acids is 4. The highest BCUT2D eigenvalue weighted by Gasteiger charge is 2.32. The predicted octanol–water partition coefficient (Wildman–Crippen LogP) is 3.90. The molecule has 40 heavy (non-hydrogen) atoms. The molecule has 202 valence electrons. The molecular formula is C28H21FN4O7. The zero-order chi connectivity index (χ0) is 28.4. The fourth-order valence-corrected chi connectivity index (χ4v) is 4.49. The molecule has 12 heteroatoms. The number of hydrogen-bond donors (Lipinski definition) is 0. The SMILES string of the molecule is O=C(C(=O)N1CCN(C(=O)c2ccccc2)CC1)c1cn(C(=O)Oc2ccc([N+](=O)[O-])cc2)c2cccc(F)c12. The van der Waals surface area contributed by atoms with Gasteiger partial charge in [0.1, 0.15) is 11.6 Å². The minimum atomic E-state index is -1.01. The zero-order valence-electron chi connectivity index (χ0n) is 20.9. The molecule has 0 unspecified atom stereocenters. The van der Waals surface area contributed by atoms with Gasteiger partial charge in [0.2, 0.25) is 0 Å². The average molecular weight is 544 g/mol. The van der Waals surface area contributed by atoms with Crippen molar-refractivity contribution in [3.8, 4) is 5.75 Å². The molecule has 2 amide bonds. The van der Waals surface area contributed by atoms with E-state index in [0.717, 1.165) is 29.0 Å². The summed E-state index contributed by atoms with van der Waals surface area (Å²) in [4.78, 5) is 65.1. The minimum Gasteiger partial charge on any atom is -0.410 e. The number of nitro benzene ring substituents is 1. The van der Waals surface area contributed by atoms with E-state index in [1.165, 1.54) is 29.2 Å². The van der Waals surface area contributed by atoms with Gasteiger partial charge in [-0.2, -0.15) is 0 Å². The van der Waals surface area contributed by atoms with Crippen molar-refractivity contribution < 1.29 is 33.2 Å². The first-order valence-corrected chi connectivity index (χ1v) is 12.2. The third-order valence-corrected chi connectivity index (χ3v) is 6.54. The standard InChI is InChI=1S/C28H21FN4O7/c29-22-7-4-8-23-24(22)21(17-32(23)28(37)40-20-11-9-19(10-12-20)33(38)39)25(34)27(36)31-15-13-30(14-16-31)26(35)18-5-2-1-3-6-18/h1-12,17H,13-16H2. The van der Waals surface area contributed by atoms with Crippen LogP contribution in [0, 0.1) is 15.9 Å². The number of hydrogen-bond acceptors (Lipinski definition) is 7. The van der Waals surface area contributed by atoms with Crippen LogP contribution in [0.5, 0.6) is 5.75 Å². The van der Waals surface area contributed by atoms with Crippen molar-refractivity contribution in [2.75, 3.05) is 26.2 Å². The largest absolute Gasteiger partial charge is 0.423 e. The Morgan fingerprint density at radius 3 is 2.12 bits per heavy atom. The van der Waals surface area contributed by atoms with Gasteiger partial charge in [0.15, 0.2) is 0 Å². The van der Waals surface area contributed by atoms with E-state index in [0.29, 0.717) is 5.56 Å². The van der Waals surface area contributed by atoms with Crippen LogP contribution in [0.15, 0.2) is 79.0 Å². The van der Waals surface area contributed by atoms with Gasteiger partial charge in [-0.15, -0.1) is 0 Å². The maximum Gasteiger partial charge on any atom is 0.423 e. The highest BCUT2D eigenvalue weighted by atomic mass is 19.1. The second-order valence-corrected chi connectivity index (χ2v) is 8.95. The number of Topliss-reactive ketones (excluding diaryl/α,β-unsaturated/α-hetero) is 1. The first-order chi connectivity index (χ1) is 19.2. The summed E-state index contributed by atoms with van der Waals surface area (Å²) in [5.74, 6) is -2.91. The molecule has 1 fully saturated rings. The summed E-state index contributed by atoms with van der Waals surface area (Å²) in [6.45, 7) is 0.633. The van der Waals surface area contributed by atoms with E-state index < -0.39 is 28.5 Å². The summed E-state index contributed by atoms with van der Waals surface area (Å²) in [6.07, 6.45) is 0.0284. The molecule has 0 saturated carbocycles. The summed E-state index contributed by atoms with van der Waals surface area (Å²) in [5.41, 5.74) is -0.00456. The summed E-state index contributed by atoms with van der Waals surface area (Å²) in [6, 6.07) is 17.3. The van der Waals surface area contributed by atoms with Crippen LogP contribution in [0.2, 0.25) is 0 Å². The van der Waals surface area contributed by atoms with Crippen LogP contribution in [0.1, 0.15) is 20.7 Å². The highest BCUT2D eigenvalue weighted by Crippen LogP contribution is 2.27. The number of fused-ring (bicyclic) bond motifs is 1. The molecule has 4 aromatic rings. The molecule has 3 aromatic carbocycles. The van der Waals surface area contributed by atoms with Gasteiger partial charge >= 0.3 is 6.09 Å². The number of nitrogens with zero attached hydrogens (tertiary/aromatic N) is 4. The van der Waals surface area contributed by atoms with E-state index in [4.69, 9.17) is 4.74 Å². The van der Waals surface area contributed by atoms with Crippen LogP contribution in [0.3, 0.4) is 0 Å². The summed E-state index contributed by atoms with van der Waals surface area (Å²) in [7, 11) is 0. The molecule has 0 aliphatic carbocycles. The lowest BCUT2D eigenvalue weighted by atomic mass is 10.1. The van der Waals surface area contributed by atoms with Gasteiger partial charge in [0.05, 0.1) is 16.0 Å². The lowest BCUT2D eigenvalue weighted by Gasteiger charge is -2.34. The van der Waals surface area contributed by atoms with Crippen molar-refractivity contribution in [3.05, 3.63) is 106 Å². The monoisotopic (exact) mass is 544 g/mol. The number of ether oxygens (including phenoxy) is 1. The lowest BCUT2D eigenvalue weighted by molar-refractivity contribution is -0.384. The van der Waals surface area contributed by atoms with E-state index in [2.05, 4.69) is 0 Å². The molecule has 0 atom stereocenters. The van der Waals surface area contributed by atoms with Crippen LogP contribution >= 0.6 is 0 Å². The molecule has 2 heterocycles. The van der Waals surface area contributed by atoms with Crippen LogP contribution in [-0.4, -0.2) is 69.2 Å². The predicted molar refractivity (Wildman–Crippen MR) is 140 cm³/mol. The number of benzene rings is 3. The second kappa shape index (κ2) is 10.8. The number of non-ortho nitro benzene ring substituents is 1.